The molecule has 0 aromatic rings. The molecular weight excluding hydrogens is 226 g/mol. The summed E-state index contributed by atoms with van der Waals surface area (Å²) in [7, 11) is 0. The molecule has 2 N–H and O–H groups in total. The van der Waals surface area contributed by atoms with Gasteiger partial charge in [-0.1, -0.05) is 32.6 Å². The third-order valence-corrected chi connectivity index (χ3v) is 3.98. The third kappa shape index (κ3) is 6.17. The minimum absolute atomic E-state index is 0.137. The third-order valence-electron chi connectivity index (χ3n) is 3.98. The summed E-state index contributed by atoms with van der Waals surface area (Å²) in [6, 6.07) is 0. The molecule has 108 valence electrons. The molecule has 0 heterocycles. The fraction of sp³-hybridized carbons (Fsp3) is 1.00. The summed E-state index contributed by atoms with van der Waals surface area (Å²) in [6.07, 6.45) is 10.4. The Morgan fingerprint density at radius 2 is 1.89 bits per heavy atom. The molecule has 0 saturated heterocycles. The van der Waals surface area contributed by atoms with E-state index in [2.05, 4.69) is 19.2 Å². The first-order valence-electron chi connectivity index (χ1n) is 7.67. The number of nitrogens with one attached hydrogen (secondary N) is 1. The lowest BCUT2D eigenvalue weighted by atomic mass is 9.97. The molecule has 0 aliphatic heterocycles. The number of likely N-dealkylation sites (N-methyl/N-ethyl adjacent to an activating group) is 1. The standard InChI is InChI=1S/C15H31NO2/c1-3-16-15(2,13-17)11-8-12-18-14-9-6-4-5-7-10-14/h14,16-17H,3-13H2,1-2H3. The van der Waals surface area contributed by atoms with Gasteiger partial charge in [0.2, 0.25) is 0 Å². The normalized spacial score (nSPS) is 21.5. The van der Waals surface area contributed by atoms with Gasteiger partial charge in [0.15, 0.2) is 0 Å². The quantitative estimate of drug-likeness (QED) is 0.519. The van der Waals surface area contributed by atoms with E-state index >= 15 is 0 Å². The topological polar surface area (TPSA) is 41.5 Å². The van der Waals surface area contributed by atoms with E-state index in [4.69, 9.17) is 4.74 Å². The zero-order chi connectivity index (χ0) is 13.3. The molecule has 1 saturated carbocycles. The second kappa shape index (κ2) is 8.89. The number of hydrogen-bond donors (Lipinski definition) is 2. The first-order valence-corrected chi connectivity index (χ1v) is 7.67. The van der Waals surface area contributed by atoms with Crippen molar-refractivity contribution in [2.75, 3.05) is 19.8 Å². The maximum Gasteiger partial charge on any atom is 0.0610 e. The number of aliphatic hydroxyl groups excluding tert-OH is 1. The Balaban J connectivity index is 2.12. The molecule has 0 radical (unpaired) electrons. The van der Waals surface area contributed by atoms with Gasteiger partial charge in [-0.15, -0.1) is 0 Å². The van der Waals surface area contributed by atoms with Crippen molar-refractivity contribution in [2.45, 2.75) is 76.9 Å². The van der Waals surface area contributed by atoms with Crippen molar-refractivity contribution in [3.8, 4) is 0 Å². The Labute approximate surface area is 112 Å². The van der Waals surface area contributed by atoms with E-state index in [1.165, 1.54) is 38.5 Å². The first-order chi connectivity index (χ1) is 8.70. The van der Waals surface area contributed by atoms with E-state index in [9.17, 15) is 5.11 Å². The smallest absolute Gasteiger partial charge is 0.0610 e. The first kappa shape index (κ1) is 15.9. The monoisotopic (exact) mass is 257 g/mol. The lowest BCUT2D eigenvalue weighted by molar-refractivity contribution is 0.0355. The maximum atomic E-state index is 9.40. The molecule has 1 aliphatic carbocycles. The highest BCUT2D eigenvalue weighted by molar-refractivity contribution is 4.81. The second-order valence-electron chi connectivity index (χ2n) is 5.84. The van der Waals surface area contributed by atoms with E-state index in [1.807, 2.05) is 0 Å². The molecule has 1 rings (SSSR count). The van der Waals surface area contributed by atoms with Crippen LogP contribution in [0, 0.1) is 0 Å². The lowest BCUT2D eigenvalue weighted by Gasteiger charge is -2.28. The van der Waals surface area contributed by atoms with Crippen LogP contribution in [0.25, 0.3) is 0 Å². The van der Waals surface area contributed by atoms with Crippen LogP contribution in [0.3, 0.4) is 0 Å². The largest absolute Gasteiger partial charge is 0.394 e. The molecule has 1 unspecified atom stereocenters. The van der Waals surface area contributed by atoms with Gasteiger partial charge >= 0.3 is 0 Å². The Kier molecular flexibility index (Phi) is 7.87. The Bertz CT molecular complexity index is 203. The summed E-state index contributed by atoms with van der Waals surface area (Å²) in [5.41, 5.74) is -0.137. The summed E-state index contributed by atoms with van der Waals surface area (Å²) in [4.78, 5) is 0. The van der Waals surface area contributed by atoms with Crippen molar-refractivity contribution >= 4 is 0 Å². The minimum atomic E-state index is -0.137. The fourth-order valence-electron chi connectivity index (χ4n) is 2.77. The summed E-state index contributed by atoms with van der Waals surface area (Å²) in [5, 5.41) is 12.7. The lowest BCUT2D eigenvalue weighted by Crippen LogP contribution is -2.45. The van der Waals surface area contributed by atoms with Crippen LogP contribution in [-0.2, 0) is 4.74 Å². The van der Waals surface area contributed by atoms with Gasteiger partial charge in [0.25, 0.3) is 0 Å². The van der Waals surface area contributed by atoms with Crippen LogP contribution in [0.2, 0.25) is 0 Å². The van der Waals surface area contributed by atoms with E-state index in [1.54, 1.807) is 0 Å². The van der Waals surface area contributed by atoms with Gasteiger partial charge in [0.05, 0.1) is 12.7 Å². The summed E-state index contributed by atoms with van der Waals surface area (Å²) in [6.45, 7) is 6.11. The van der Waals surface area contributed by atoms with Crippen LogP contribution in [-0.4, -0.2) is 36.5 Å². The summed E-state index contributed by atoms with van der Waals surface area (Å²) >= 11 is 0. The molecule has 0 amide bonds. The average Bonchev–Trinajstić information content (AvgIpc) is 2.64. The molecule has 0 aromatic heterocycles. The van der Waals surface area contributed by atoms with Crippen LogP contribution < -0.4 is 5.32 Å². The highest BCUT2D eigenvalue weighted by Crippen LogP contribution is 2.20. The van der Waals surface area contributed by atoms with Crippen molar-refractivity contribution in [1.29, 1.82) is 0 Å². The van der Waals surface area contributed by atoms with Gasteiger partial charge in [0, 0.05) is 12.1 Å². The molecule has 3 heteroatoms. The van der Waals surface area contributed by atoms with Gasteiger partial charge in [-0.3, -0.25) is 0 Å². The predicted molar refractivity (Wildman–Crippen MR) is 75.8 cm³/mol. The molecule has 3 nitrogen and oxygen atoms in total. The molecule has 0 spiro atoms. The highest BCUT2D eigenvalue weighted by Gasteiger charge is 2.21. The van der Waals surface area contributed by atoms with Gasteiger partial charge in [0.1, 0.15) is 0 Å². The summed E-state index contributed by atoms with van der Waals surface area (Å²) < 4.78 is 5.97. The van der Waals surface area contributed by atoms with Crippen LogP contribution in [0.1, 0.15) is 65.2 Å². The number of ether oxygens (including phenoxy) is 1. The molecule has 18 heavy (non-hydrogen) atoms. The number of rotatable bonds is 8. The van der Waals surface area contributed by atoms with E-state index in [0.717, 1.165) is 26.0 Å². The van der Waals surface area contributed by atoms with Crippen LogP contribution in [0.4, 0.5) is 0 Å². The van der Waals surface area contributed by atoms with Crippen molar-refractivity contribution in [3.63, 3.8) is 0 Å². The Morgan fingerprint density at radius 3 is 2.44 bits per heavy atom. The zero-order valence-corrected chi connectivity index (χ0v) is 12.2. The van der Waals surface area contributed by atoms with E-state index < -0.39 is 0 Å². The van der Waals surface area contributed by atoms with Gasteiger partial charge in [-0.2, -0.15) is 0 Å². The summed E-state index contributed by atoms with van der Waals surface area (Å²) in [5.74, 6) is 0. The van der Waals surface area contributed by atoms with E-state index in [-0.39, 0.29) is 12.1 Å². The maximum absolute atomic E-state index is 9.40. The van der Waals surface area contributed by atoms with Crippen molar-refractivity contribution < 1.29 is 9.84 Å². The molecule has 1 fully saturated rings. The van der Waals surface area contributed by atoms with E-state index in [0.29, 0.717) is 6.10 Å². The average molecular weight is 257 g/mol. The van der Waals surface area contributed by atoms with Crippen LogP contribution in [0.5, 0.6) is 0 Å². The van der Waals surface area contributed by atoms with Crippen molar-refractivity contribution in [2.24, 2.45) is 0 Å². The molecule has 1 atom stereocenters. The van der Waals surface area contributed by atoms with Gasteiger partial charge in [-0.05, 0) is 39.2 Å². The van der Waals surface area contributed by atoms with Crippen molar-refractivity contribution in [1.82, 2.24) is 5.32 Å². The fourth-order valence-corrected chi connectivity index (χ4v) is 2.77. The number of hydrogen-bond acceptors (Lipinski definition) is 3. The zero-order valence-electron chi connectivity index (χ0n) is 12.2. The minimum Gasteiger partial charge on any atom is -0.394 e. The predicted octanol–water partition coefficient (Wildman–Crippen LogP) is 2.87. The highest BCUT2D eigenvalue weighted by atomic mass is 16.5. The number of aliphatic hydroxyl groups is 1. The van der Waals surface area contributed by atoms with Gasteiger partial charge < -0.3 is 15.2 Å². The van der Waals surface area contributed by atoms with Crippen LogP contribution >= 0.6 is 0 Å². The van der Waals surface area contributed by atoms with Crippen LogP contribution in [0.15, 0.2) is 0 Å². The second-order valence-corrected chi connectivity index (χ2v) is 5.84. The molecule has 0 bridgehead atoms. The SMILES string of the molecule is CCNC(C)(CO)CCCOC1CCCCCC1. The van der Waals surface area contributed by atoms with Gasteiger partial charge in [-0.25, -0.2) is 0 Å². The van der Waals surface area contributed by atoms with Crippen molar-refractivity contribution in [3.05, 3.63) is 0 Å². The Morgan fingerprint density at radius 1 is 1.22 bits per heavy atom. The Hall–Kier alpha value is -0.120. The molecule has 0 aromatic carbocycles. The molecular formula is C15H31NO2. The molecule has 1 aliphatic rings.